The van der Waals surface area contributed by atoms with Crippen molar-refractivity contribution in [1.29, 1.82) is 0 Å². The van der Waals surface area contributed by atoms with Crippen molar-refractivity contribution in [3.05, 3.63) is 6.33 Å². The van der Waals surface area contributed by atoms with E-state index in [-0.39, 0.29) is 11.8 Å². The molecule has 2 atom stereocenters. The maximum Gasteiger partial charge on any atom is 0.410 e. The first kappa shape index (κ1) is 15.1. The normalized spacial score (nSPS) is 23.1. The van der Waals surface area contributed by atoms with Gasteiger partial charge in [-0.25, -0.2) is 4.79 Å². The Labute approximate surface area is 122 Å². The van der Waals surface area contributed by atoms with Crippen LogP contribution in [0, 0.1) is 0 Å². The molecule has 1 N–H and O–H groups in total. The fourth-order valence-corrected chi connectivity index (χ4v) is 2.94. The first-order valence-electron chi connectivity index (χ1n) is 6.43. The highest BCUT2D eigenvalue weighted by Gasteiger charge is 2.37. The third kappa shape index (κ3) is 3.63. The minimum atomic E-state index is -0.593. The van der Waals surface area contributed by atoms with E-state index in [1.807, 2.05) is 27.8 Å². The number of hydrogen-bond donors (Lipinski definition) is 1. The number of amides is 1. The van der Waals surface area contributed by atoms with Crippen LogP contribution in [-0.2, 0) is 11.8 Å². The number of nitrogens with zero attached hydrogens (tertiary/aromatic N) is 4. The summed E-state index contributed by atoms with van der Waals surface area (Å²) < 4.78 is 7.10. The van der Waals surface area contributed by atoms with Crippen molar-refractivity contribution in [2.45, 2.75) is 42.9 Å². The standard InChI is InChI=1S/C12H20N4O3S/c1-12(2,3)19-11(18)16-5-8(17)9(6-16)20-10-14-13-7-15(10)4/h7-9,17H,5-6H2,1-4H3/t8-,9-/m1/s1. The van der Waals surface area contributed by atoms with Gasteiger partial charge in [0.05, 0.1) is 17.9 Å². The summed E-state index contributed by atoms with van der Waals surface area (Å²) in [5, 5.41) is 18.4. The zero-order valence-electron chi connectivity index (χ0n) is 12.1. The highest BCUT2D eigenvalue weighted by molar-refractivity contribution is 7.99. The average Bonchev–Trinajstić information content (AvgIpc) is 2.86. The van der Waals surface area contributed by atoms with E-state index in [4.69, 9.17) is 4.74 Å². The molecule has 1 amide bonds. The molecule has 1 aromatic heterocycles. The van der Waals surface area contributed by atoms with Gasteiger partial charge < -0.3 is 19.3 Å². The molecule has 0 saturated carbocycles. The first-order chi connectivity index (χ1) is 9.26. The molecule has 1 aliphatic rings. The van der Waals surface area contributed by atoms with Crippen LogP contribution in [0.1, 0.15) is 20.8 Å². The summed E-state index contributed by atoms with van der Waals surface area (Å²) in [5.74, 6) is 0. The Balaban J connectivity index is 1.95. The largest absolute Gasteiger partial charge is 0.444 e. The van der Waals surface area contributed by atoms with Crippen molar-refractivity contribution in [2.75, 3.05) is 13.1 Å². The Hall–Kier alpha value is -1.28. The molecule has 7 nitrogen and oxygen atoms in total. The average molecular weight is 300 g/mol. The molecule has 2 heterocycles. The summed E-state index contributed by atoms with van der Waals surface area (Å²) in [5.41, 5.74) is -0.531. The van der Waals surface area contributed by atoms with Crippen molar-refractivity contribution in [1.82, 2.24) is 19.7 Å². The van der Waals surface area contributed by atoms with Crippen LogP contribution < -0.4 is 0 Å². The number of carbonyl (C=O) groups is 1. The summed E-state index contributed by atoms with van der Waals surface area (Å²) in [7, 11) is 1.84. The topological polar surface area (TPSA) is 80.5 Å². The summed E-state index contributed by atoms with van der Waals surface area (Å²) in [4.78, 5) is 13.5. The lowest BCUT2D eigenvalue weighted by molar-refractivity contribution is 0.0270. The van der Waals surface area contributed by atoms with Gasteiger partial charge in [-0.2, -0.15) is 0 Å². The molecular weight excluding hydrogens is 280 g/mol. The van der Waals surface area contributed by atoms with Crippen LogP contribution in [-0.4, -0.2) is 60.9 Å². The third-order valence-electron chi connectivity index (χ3n) is 2.82. The number of aromatic nitrogens is 3. The minimum absolute atomic E-state index is 0.120. The van der Waals surface area contributed by atoms with Gasteiger partial charge in [-0.1, -0.05) is 11.8 Å². The molecule has 0 unspecified atom stereocenters. The van der Waals surface area contributed by atoms with E-state index in [9.17, 15) is 9.90 Å². The molecule has 2 rings (SSSR count). The zero-order chi connectivity index (χ0) is 14.9. The van der Waals surface area contributed by atoms with E-state index in [2.05, 4.69) is 10.2 Å². The second-order valence-electron chi connectivity index (χ2n) is 5.83. The predicted octanol–water partition coefficient (Wildman–Crippen LogP) is 0.887. The summed E-state index contributed by atoms with van der Waals surface area (Å²) in [6.07, 6.45) is 0.622. The molecule has 1 aromatic rings. The molecule has 0 bridgehead atoms. The van der Waals surface area contributed by atoms with Crippen LogP contribution >= 0.6 is 11.8 Å². The van der Waals surface area contributed by atoms with Gasteiger partial charge in [-0.05, 0) is 20.8 Å². The number of aliphatic hydroxyl groups excluding tert-OH is 1. The van der Waals surface area contributed by atoms with Crippen molar-refractivity contribution >= 4 is 17.9 Å². The van der Waals surface area contributed by atoms with Crippen LogP contribution in [0.15, 0.2) is 11.5 Å². The highest BCUT2D eigenvalue weighted by Crippen LogP contribution is 2.29. The Kier molecular flexibility index (Phi) is 4.24. The second kappa shape index (κ2) is 5.61. The first-order valence-corrected chi connectivity index (χ1v) is 7.31. The molecule has 0 spiro atoms. The van der Waals surface area contributed by atoms with Crippen LogP contribution in [0.25, 0.3) is 0 Å². The molecule has 1 fully saturated rings. The fourth-order valence-electron chi connectivity index (χ4n) is 1.86. The van der Waals surface area contributed by atoms with Gasteiger partial charge in [-0.3, -0.25) is 0 Å². The van der Waals surface area contributed by atoms with E-state index in [1.165, 1.54) is 16.7 Å². The fraction of sp³-hybridized carbons (Fsp3) is 0.750. The number of ether oxygens (including phenoxy) is 1. The van der Waals surface area contributed by atoms with Crippen LogP contribution in [0.2, 0.25) is 0 Å². The van der Waals surface area contributed by atoms with Crippen molar-refractivity contribution < 1.29 is 14.6 Å². The van der Waals surface area contributed by atoms with Gasteiger partial charge in [0.25, 0.3) is 0 Å². The van der Waals surface area contributed by atoms with Gasteiger partial charge in [0, 0.05) is 13.6 Å². The highest BCUT2D eigenvalue weighted by atomic mass is 32.2. The van der Waals surface area contributed by atoms with Crippen molar-refractivity contribution in [2.24, 2.45) is 7.05 Å². The maximum absolute atomic E-state index is 12.0. The molecule has 1 aliphatic heterocycles. The Morgan fingerprint density at radius 2 is 2.20 bits per heavy atom. The summed E-state index contributed by atoms with van der Waals surface area (Å²) >= 11 is 1.42. The second-order valence-corrected chi connectivity index (χ2v) is 7.04. The van der Waals surface area contributed by atoms with Gasteiger partial charge in [0.1, 0.15) is 11.9 Å². The molecule has 0 aromatic carbocycles. The maximum atomic E-state index is 12.0. The monoisotopic (exact) mass is 300 g/mol. The minimum Gasteiger partial charge on any atom is -0.444 e. The number of β-amino-alcohol motifs (C(OH)–C–C–N with tert-alkyl or cyclic N) is 1. The van der Waals surface area contributed by atoms with Crippen molar-refractivity contribution in [3.63, 3.8) is 0 Å². The Morgan fingerprint density at radius 3 is 2.75 bits per heavy atom. The van der Waals surface area contributed by atoms with Gasteiger partial charge >= 0.3 is 6.09 Å². The van der Waals surface area contributed by atoms with Gasteiger partial charge in [0.15, 0.2) is 5.16 Å². The summed E-state index contributed by atoms with van der Waals surface area (Å²) in [6, 6.07) is 0. The van der Waals surface area contributed by atoms with Crippen LogP contribution in [0.3, 0.4) is 0 Å². The number of carbonyl (C=O) groups excluding carboxylic acids is 1. The number of hydrogen-bond acceptors (Lipinski definition) is 6. The van der Waals surface area contributed by atoms with E-state index in [1.54, 1.807) is 10.9 Å². The molecule has 8 heteroatoms. The molecule has 0 radical (unpaired) electrons. The molecule has 112 valence electrons. The number of aryl methyl sites for hydroxylation is 1. The van der Waals surface area contributed by atoms with E-state index >= 15 is 0 Å². The number of aliphatic hydroxyl groups is 1. The number of thioether (sulfide) groups is 1. The molecule has 1 saturated heterocycles. The van der Waals surface area contributed by atoms with E-state index in [0.29, 0.717) is 6.54 Å². The van der Waals surface area contributed by atoms with E-state index < -0.39 is 17.8 Å². The van der Waals surface area contributed by atoms with Gasteiger partial charge in [-0.15, -0.1) is 10.2 Å². The SMILES string of the molecule is Cn1cnnc1S[C@@H]1CN(C(=O)OC(C)(C)C)C[C@H]1O. The lowest BCUT2D eigenvalue weighted by atomic mass is 10.2. The molecular formula is C12H20N4O3S. The third-order valence-corrected chi connectivity index (χ3v) is 4.16. The predicted molar refractivity (Wildman–Crippen MR) is 74.5 cm³/mol. The molecule has 0 aliphatic carbocycles. The Bertz CT molecular complexity index is 485. The zero-order valence-corrected chi connectivity index (χ0v) is 12.9. The summed E-state index contributed by atoms with van der Waals surface area (Å²) in [6.45, 7) is 6.19. The van der Waals surface area contributed by atoms with Crippen LogP contribution in [0.4, 0.5) is 4.79 Å². The lowest BCUT2D eigenvalue weighted by Gasteiger charge is -2.24. The Morgan fingerprint density at radius 1 is 1.50 bits per heavy atom. The van der Waals surface area contributed by atoms with Crippen molar-refractivity contribution in [3.8, 4) is 0 Å². The van der Waals surface area contributed by atoms with Gasteiger partial charge in [0.2, 0.25) is 0 Å². The molecule has 20 heavy (non-hydrogen) atoms. The van der Waals surface area contributed by atoms with Crippen LogP contribution in [0.5, 0.6) is 0 Å². The quantitative estimate of drug-likeness (QED) is 0.873. The number of rotatable bonds is 2. The lowest BCUT2D eigenvalue weighted by Crippen LogP contribution is -2.35. The smallest absolute Gasteiger partial charge is 0.410 e. The van der Waals surface area contributed by atoms with E-state index in [0.717, 1.165) is 5.16 Å². The number of likely N-dealkylation sites (tertiary alicyclic amines) is 1.